The van der Waals surface area contributed by atoms with Gasteiger partial charge in [-0.1, -0.05) is 12.1 Å². The van der Waals surface area contributed by atoms with E-state index >= 15 is 0 Å². The number of rotatable bonds is 6. The highest BCUT2D eigenvalue weighted by molar-refractivity contribution is 7.89. The SMILES string of the molecule is COc1ccccc1Nc1ccc([N+](=O)[O-])cc1S(=O)(=O)N1CCNCC1. The van der Waals surface area contributed by atoms with Gasteiger partial charge in [-0.25, -0.2) is 8.42 Å². The van der Waals surface area contributed by atoms with Crippen LogP contribution in [0.1, 0.15) is 0 Å². The maximum atomic E-state index is 13.1. The normalized spacial score (nSPS) is 15.3. The van der Waals surface area contributed by atoms with Gasteiger partial charge in [-0.3, -0.25) is 10.1 Å². The summed E-state index contributed by atoms with van der Waals surface area (Å²) in [4.78, 5) is 10.4. The van der Waals surface area contributed by atoms with Crippen molar-refractivity contribution in [3.63, 3.8) is 0 Å². The van der Waals surface area contributed by atoms with E-state index in [1.165, 1.54) is 23.5 Å². The molecule has 1 heterocycles. The van der Waals surface area contributed by atoms with Crippen molar-refractivity contribution in [3.8, 4) is 5.75 Å². The number of sulfonamides is 1. The minimum absolute atomic E-state index is 0.135. The monoisotopic (exact) mass is 392 g/mol. The number of piperazine rings is 1. The molecule has 0 atom stereocenters. The molecule has 0 saturated carbocycles. The van der Waals surface area contributed by atoms with Crippen LogP contribution in [0.4, 0.5) is 17.1 Å². The van der Waals surface area contributed by atoms with Crippen LogP contribution in [0.3, 0.4) is 0 Å². The molecule has 1 fully saturated rings. The maximum Gasteiger partial charge on any atom is 0.270 e. The maximum absolute atomic E-state index is 13.1. The number of benzene rings is 2. The van der Waals surface area contributed by atoms with Gasteiger partial charge < -0.3 is 15.4 Å². The van der Waals surface area contributed by atoms with Gasteiger partial charge in [0, 0.05) is 38.3 Å². The summed E-state index contributed by atoms with van der Waals surface area (Å²) < 4.78 is 32.9. The van der Waals surface area contributed by atoms with Gasteiger partial charge in [-0.15, -0.1) is 0 Å². The van der Waals surface area contributed by atoms with Crippen molar-refractivity contribution in [2.24, 2.45) is 0 Å². The summed E-state index contributed by atoms with van der Waals surface area (Å²) in [5.74, 6) is 0.529. The second-order valence-corrected chi connectivity index (χ2v) is 7.82. The summed E-state index contributed by atoms with van der Waals surface area (Å²) in [7, 11) is -2.39. The van der Waals surface area contributed by atoms with Crippen molar-refractivity contribution in [3.05, 3.63) is 52.6 Å². The zero-order valence-corrected chi connectivity index (χ0v) is 15.5. The Hall–Kier alpha value is -2.69. The van der Waals surface area contributed by atoms with E-state index in [1.54, 1.807) is 24.3 Å². The lowest BCUT2D eigenvalue weighted by Crippen LogP contribution is -2.46. The topological polar surface area (TPSA) is 114 Å². The fourth-order valence-corrected chi connectivity index (χ4v) is 4.47. The molecule has 0 aliphatic carbocycles. The minimum Gasteiger partial charge on any atom is -0.495 e. The summed E-state index contributed by atoms with van der Waals surface area (Å²) in [5.41, 5.74) is 0.531. The molecule has 0 amide bonds. The molecule has 1 aliphatic heterocycles. The molecule has 144 valence electrons. The van der Waals surface area contributed by atoms with E-state index in [0.717, 1.165) is 6.07 Å². The quantitative estimate of drug-likeness (QED) is 0.570. The van der Waals surface area contributed by atoms with Gasteiger partial charge in [-0.2, -0.15) is 4.31 Å². The standard InChI is InChI=1S/C17H20N4O5S/c1-26-16-5-3-2-4-14(16)19-15-7-6-13(21(22)23)12-17(15)27(24,25)20-10-8-18-9-11-20/h2-7,12,18-19H,8-11H2,1H3. The highest BCUT2D eigenvalue weighted by Gasteiger charge is 2.30. The van der Waals surface area contributed by atoms with E-state index in [0.29, 0.717) is 37.6 Å². The first-order chi connectivity index (χ1) is 12.9. The van der Waals surface area contributed by atoms with Crippen LogP contribution in [-0.4, -0.2) is 50.9 Å². The third kappa shape index (κ3) is 4.02. The van der Waals surface area contributed by atoms with E-state index in [4.69, 9.17) is 4.74 Å². The number of methoxy groups -OCH3 is 1. The molecule has 2 N–H and O–H groups in total. The van der Waals surface area contributed by atoms with E-state index in [9.17, 15) is 18.5 Å². The molecule has 0 unspecified atom stereocenters. The molecule has 10 heteroatoms. The van der Waals surface area contributed by atoms with Crippen LogP contribution in [-0.2, 0) is 10.0 Å². The number of ether oxygens (including phenoxy) is 1. The molecule has 0 radical (unpaired) electrons. The summed E-state index contributed by atoms with van der Waals surface area (Å²) in [5, 5.41) is 17.3. The van der Waals surface area contributed by atoms with Gasteiger partial charge in [0.05, 0.1) is 23.4 Å². The Morgan fingerprint density at radius 3 is 2.52 bits per heavy atom. The number of anilines is 2. The first-order valence-corrected chi connectivity index (χ1v) is 9.77. The van der Waals surface area contributed by atoms with Crippen LogP contribution >= 0.6 is 0 Å². The third-order valence-electron chi connectivity index (χ3n) is 4.25. The molecule has 1 aliphatic rings. The van der Waals surface area contributed by atoms with Gasteiger partial charge in [-0.05, 0) is 18.2 Å². The van der Waals surface area contributed by atoms with Crippen LogP contribution in [0.25, 0.3) is 0 Å². The second-order valence-electron chi connectivity index (χ2n) is 5.92. The molecule has 0 spiro atoms. The summed E-state index contributed by atoms with van der Waals surface area (Å²) in [6.07, 6.45) is 0. The molecule has 9 nitrogen and oxygen atoms in total. The Morgan fingerprint density at radius 1 is 1.15 bits per heavy atom. The van der Waals surface area contributed by atoms with Gasteiger partial charge in [0.25, 0.3) is 5.69 Å². The highest BCUT2D eigenvalue weighted by Crippen LogP contribution is 2.34. The lowest BCUT2D eigenvalue weighted by atomic mass is 10.2. The largest absolute Gasteiger partial charge is 0.495 e. The van der Waals surface area contributed by atoms with Crippen LogP contribution < -0.4 is 15.4 Å². The summed E-state index contributed by atoms with van der Waals surface area (Å²) in [6, 6.07) is 10.8. The molecule has 0 aromatic heterocycles. The Morgan fingerprint density at radius 2 is 1.85 bits per heavy atom. The molecule has 2 aromatic rings. The number of nitrogens with zero attached hydrogens (tertiary/aromatic N) is 2. The van der Waals surface area contributed by atoms with E-state index < -0.39 is 14.9 Å². The number of hydrogen-bond acceptors (Lipinski definition) is 7. The molecular formula is C17H20N4O5S. The molecule has 2 aromatic carbocycles. The Balaban J connectivity index is 2.07. The number of para-hydroxylation sites is 2. The number of nitrogens with one attached hydrogen (secondary N) is 2. The fraction of sp³-hybridized carbons (Fsp3) is 0.294. The van der Waals surface area contributed by atoms with Crippen LogP contribution in [0.15, 0.2) is 47.4 Å². The number of non-ortho nitro benzene ring substituents is 1. The molecular weight excluding hydrogens is 372 g/mol. The summed E-state index contributed by atoms with van der Waals surface area (Å²) >= 11 is 0. The van der Waals surface area contributed by atoms with E-state index in [2.05, 4.69) is 10.6 Å². The Bertz CT molecular complexity index is 942. The average molecular weight is 392 g/mol. The van der Waals surface area contributed by atoms with Gasteiger partial charge in [0.2, 0.25) is 10.0 Å². The fourth-order valence-electron chi connectivity index (χ4n) is 2.86. The Labute approximate surface area is 157 Å². The van der Waals surface area contributed by atoms with E-state index in [-0.39, 0.29) is 16.3 Å². The van der Waals surface area contributed by atoms with E-state index in [1.807, 2.05) is 0 Å². The predicted octanol–water partition coefficient (Wildman–Crippen LogP) is 1.94. The first kappa shape index (κ1) is 19.1. The number of nitro benzene ring substituents is 1. The lowest BCUT2D eigenvalue weighted by molar-refractivity contribution is -0.385. The minimum atomic E-state index is -3.90. The zero-order chi connectivity index (χ0) is 19.4. The van der Waals surface area contributed by atoms with Crippen LogP contribution in [0, 0.1) is 10.1 Å². The number of nitro groups is 1. The van der Waals surface area contributed by atoms with Crippen molar-refractivity contribution in [2.75, 3.05) is 38.6 Å². The average Bonchev–Trinajstić information content (AvgIpc) is 2.69. The Kier molecular flexibility index (Phi) is 5.59. The van der Waals surface area contributed by atoms with Crippen molar-refractivity contribution < 1.29 is 18.1 Å². The van der Waals surface area contributed by atoms with Gasteiger partial charge in [0.1, 0.15) is 10.6 Å². The molecule has 0 bridgehead atoms. The van der Waals surface area contributed by atoms with Crippen molar-refractivity contribution in [1.29, 1.82) is 0 Å². The number of hydrogen-bond donors (Lipinski definition) is 2. The first-order valence-electron chi connectivity index (χ1n) is 8.33. The smallest absolute Gasteiger partial charge is 0.270 e. The molecule has 1 saturated heterocycles. The molecule has 27 heavy (non-hydrogen) atoms. The predicted molar refractivity (Wildman–Crippen MR) is 101 cm³/mol. The summed E-state index contributed by atoms with van der Waals surface area (Å²) in [6.45, 7) is 1.67. The van der Waals surface area contributed by atoms with Crippen LogP contribution in [0.2, 0.25) is 0 Å². The van der Waals surface area contributed by atoms with Gasteiger partial charge >= 0.3 is 0 Å². The van der Waals surface area contributed by atoms with Gasteiger partial charge in [0.15, 0.2) is 0 Å². The second kappa shape index (κ2) is 7.91. The zero-order valence-electron chi connectivity index (χ0n) is 14.7. The lowest BCUT2D eigenvalue weighted by Gasteiger charge is -2.27. The molecule has 3 rings (SSSR count). The third-order valence-corrected chi connectivity index (χ3v) is 6.18. The van der Waals surface area contributed by atoms with Crippen LogP contribution in [0.5, 0.6) is 5.75 Å². The van der Waals surface area contributed by atoms with Crippen molar-refractivity contribution in [2.45, 2.75) is 4.90 Å². The highest BCUT2D eigenvalue weighted by atomic mass is 32.2. The van der Waals surface area contributed by atoms with Crippen molar-refractivity contribution in [1.82, 2.24) is 9.62 Å². The van der Waals surface area contributed by atoms with Crippen molar-refractivity contribution >= 4 is 27.1 Å².